The van der Waals surface area contributed by atoms with Crippen LogP contribution in [0.15, 0.2) is 30.3 Å². The van der Waals surface area contributed by atoms with Gasteiger partial charge in [0.1, 0.15) is 12.4 Å². The van der Waals surface area contributed by atoms with E-state index in [0.29, 0.717) is 25.4 Å². The van der Waals surface area contributed by atoms with Gasteiger partial charge in [-0.15, -0.1) is 0 Å². The Balaban J connectivity index is 1.99. The van der Waals surface area contributed by atoms with E-state index in [1.54, 1.807) is 11.8 Å². The molecule has 0 saturated heterocycles. The van der Waals surface area contributed by atoms with Crippen molar-refractivity contribution in [2.75, 3.05) is 31.2 Å². The molecule has 3 N–H and O–H groups in total. The van der Waals surface area contributed by atoms with Crippen molar-refractivity contribution in [3.63, 3.8) is 0 Å². The highest BCUT2D eigenvalue weighted by Crippen LogP contribution is 2.07. The predicted octanol–water partition coefficient (Wildman–Crippen LogP) is 1.26. The smallest absolute Gasteiger partial charge is 0.230 e. The normalized spacial score (nSPS) is 10.1. The summed E-state index contributed by atoms with van der Waals surface area (Å²) in [5, 5.41) is 2.81. The van der Waals surface area contributed by atoms with Crippen molar-refractivity contribution in [2.45, 2.75) is 6.42 Å². The quantitative estimate of drug-likeness (QED) is 0.662. The van der Waals surface area contributed by atoms with Crippen LogP contribution in [0.4, 0.5) is 0 Å². The SMILES string of the molecule is NCCCSCC(=O)NCCOc1ccccc1. The molecule has 100 valence electrons. The number of carbonyl (C=O) groups is 1. The van der Waals surface area contributed by atoms with Crippen LogP contribution in [0.2, 0.25) is 0 Å². The molecule has 0 aliphatic heterocycles. The van der Waals surface area contributed by atoms with Crippen LogP contribution in [-0.2, 0) is 4.79 Å². The van der Waals surface area contributed by atoms with Crippen LogP contribution < -0.4 is 15.8 Å². The van der Waals surface area contributed by atoms with E-state index in [1.807, 2.05) is 30.3 Å². The molecular weight excluding hydrogens is 248 g/mol. The number of ether oxygens (including phenoxy) is 1. The summed E-state index contributed by atoms with van der Waals surface area (Å²) in [7, 11) is 0. The summed E-state index contributed by atoms with van der Waals surface area (Å²) < 4.78 is 5.46. The first kappa shape index (κ1) is 14.9. The molecule has 0 aromatic heterocycles. The van der Waals surface area contributed by atoms with Crippen LogP contribution in [0.3, 0.4) is 0 Å². The van der Waals surface area contributed by atoms with Crippen LogP contribution in [0.1, 0.15) is 6.42 Å². The second kappa shape index (κ2) is 9.79. The first-order valence-corrected chi connectivity index (χ1v) is 7.21. The monoisotopic (exact) mass is 268 g/mol. The molecule has 0 aliphatic carbocycles. The lowest BCUT2D eigenvalue weighted by atomic mass is 10.3. The highest BCUT2D eigenvalue weighted by atomic mass is 32.2. The molecule has 4 nitrogen and oxygen atoms in total. The van der Waals surface area contributed by atoms with Gasteiger partial charge in [-0.3, -0.25) is 4.79 Å². The molecule has 0 saturated carbocycles. The fourth-order valence-corrected chi connectivity index (χ4v) is 2.08. The highest BCUT2D eigenvalue weighted by molar-refractivity contribution is 7.99. The van der Waals surface area contributed by atoms with Crippen molar-refractivity contribution >= 4 is 17.7 Å². The second-order valence-electron chi connectivity index (χ2n) is 3.71. The molecule has 1 amide bonds. The van der Waals surface area contributed by atoms with Gasteiger partial charge in [-0.25, -0.2) is 0 Å². The van der Waals surface area contributed by atoms with Crippen LogP contribution in [0.25, 0.3) is 0 Å². The molecule has 0 unspecified atom stereocenters. The number of para-hydroxylation sites is 1. The Morgan fingerprint density at radius 1 is 1.33 bits per heavy atom. The Kier molecular flexibility index (Phi) is 8.08. The largest absolute Gasteiger partial charge is 0.492 e. The van der Waals surface area contributed by atoms with Gasteiger partial charge < -0.3 is 15.8 Å². The van der Waals surface area contributed by atoms with Gasteiger partial charge in [0, 0.05) is 0 Å². The van der Waals surface area contributed by atoms with E-state index in [-0.39, 0.29) is 5.91 Å². The van der Waals surface area contributed by atoms with E-state index in [0.717, 1.165) is 17.9 Å². The molecular formula is C13H20N2O2S. The number of thioether (sulfide) groups is 1. The second-order valence-corrected chi connectivity index (χ2v) is 4.81. The maximum atomic E-state index is 11.4. The van der Waals surface area contributed by atoms with Crippen molar-refractivity contribution in [2.24, 2.45) is 5.73 Å². The zero-order chi connectivity index (χ0) is 13.1. The fraction of sp³-hybridized carbons (Fsp3) is 0.462. The summed E-state index contributed by atoms with van der Waals surface area (Å²) in [6.07, 6.45) is 0.953. The maximum absolute atomic E-state index is 11.4. The zero-order valence-corrected chi connectivity index (χ0v) is 11.2. The summed E-state index contributed by atoms with van der Waals surface area (Å²) >= 11 is 1.61. The number of nitrogens with one attached hydrogen (secondary N) is 1. The number of rotatable bonds is 9. The minimum absolute atomic E-state index is 0.0497. The van der Waals surface area contributed by atoms with E-state index in [1.165, 1.54) is 0 Å². The zero-order valence-electron chi connectivity index (χ0n) is 10.4. The third-order valence-electron chi connectivity index (χ3n) is 2.16. The van der Waals surface area contributed by atoms with Crippen molar-refractivity contribution in [1.82, 2.24) is 5.32 Å². The molecule has 1 aromatic rings. The third kappa shape index (κ3) is 7.19. The molecule has 1 rings (SSSR count). The number of nitrogens with two attached hydrogens (primary N) is 1. The average molecular weight is 268 g/mol. The van der Waals surface area contributed by atoms with Crippen LogP contribution >= 0.6 is 11.8 Å². The highest BCUT2D eigenvalue weighted by Gasteiger charge is 2.00. The molecule has 0 spiro atoms. The lowest BCUT2D eigenvalue weighted by Gasteiger charge is -2.07. The summed E-state index contributed by atoms with van der Waals surface area (Å²) in [6, 6.07) is 9.56. The van der Waals surface area contributed by atoms with Gasteiger partial charge in [-0.05, 0) is 30.9 Å². The van der Waals surface area contributed by atoms with Gasteiger partial charge in [0.2, 0.25) is 5.91 Å². The molecule has 0 bridgehead atoms. The Morgan fingerprint density at radius 2 is 2.11 bits per heavy atom. The maximum Gasteiger partial charge on any atom is 0.230 e. The summed E-state index contributed by atoms with van der Waals surface area (Å²) in [4.78, 5) is 11.4. The van der Waals surface area contributed by atoms with Gasteiger partial charge in [0.25, 0.3) is 0 Å². The molecule has 0 fully saturated rings. The number of hydrogen-bond acceptors (Lipinski definition) is 4. The molecule has 1 aromatic carbocycles. The number of amides is 1. The van der Waals surface area contributed by atoms with Crippen LogP contribution in [0.5, 0.6) is 5.75 Å². The molecule has 0 aliphatic rings. The van der Waals surface area contributed by atoms with Crippen molar-refractivity contribution in [3.05, 3.63) is 30.3 Å². The fourth-order valence-electron chi connectivity index (χ4n) is 1.28. The first-order valence-electron chi connectivity index (χ1n) is 6.05. The van der Waals surface area contributed by atoms with E-state index in [9.17, 15) is 4.79 Å². The van der Waals surface area contributed by atoms with Crippen molar-refractivity contribution in [3.8, 4) is 5.75 Å². The number of carbonyl (C=O) groups excluding carboxylic acids is 1. The Labute approximate surface area is 112 Å². The van der Waals surface area contributed by atoms with Crippen molar-refractivity contribution in [1.29, 1.82) is 0 Å². The van der Waals surface area contributed by atoms with Gasteiger partial charge in [-0.1, -0.05) is 18.2 Å². The predicted molar refractivity (Wildman–Crippen MR) is 75.9 cm³/mol. The number of benzene rings is 1. The Morgan fingerprint density at radius 3 is 2.83 bits per heavy atom. The summed E-state index contributed by atoms with van der Waals surface area (Å²) in [6.45, 7) is 1.70. The first-order chi connectivity index (χ1) is 8.83. The summed E-state index contributed by atoms with van der Waals surface area (Å²) in [5.41, 5.74) is 5.37. The van der Waals surface area contributed by atoms with E-state index in [4.69, 9.17) is 10.5 Å². The topological polar surface area (TPSA) is 64.4 Å². The minimum atomic E-state index is 0.0497. The molecule has 0 radical (unpaired) electrons. The molecule has 5 heteroatoms. The molecule has 0 heterocycles. The Hall–Kier alpha value is -1.20. The standard InChI is InChI=1S/C13H20N2O2S/c14-7-4-10-18-11-13(16)15-8-9-17-12-5-2-1-3-6-12/h1-3,5-6H,4,7-11,14H2,(H,15,16). The average Bonchev–Trinajstić information content (AvgIpc) is 2.41. The van der Waals surface area contributed by atoms with Gasteiger partial charge >= 0.3 is 0 Å². The Bertz CT molecular complexity index is 333. The number of hydrogen-bond donors (Lipinski definition) is 2. The summed E-state index contributed by atoms with van der Waals surface area (Å²) in [5.74, 6) is 2.30. The lowest BCUT2D eigenvalue weighted by molar-refractivity contribution is -0.118. The van der Waals surface area contributed by atoms with Gasteiger partial charge in [-0.2, -0.15) is 11.8 Å². The van der Waals surface area contributed by atoms with E-state index in [2.05, 4.69) is 5.32 Å². The van der Waals surface area contributed by atoms with E-state index >= 15 is 0 Å². The third-order valence-corrected chi connectivity index (χ3v) is 3.21. The lowest BCUT2D eigenvalue weighted by Crippen LogP contribution is -2.29. The van der Waals surface area contributed by atoms with Gasteiger partial charge in [0.05, 0.1) is 12.3 Å². The van der Waals surface area contributed by atoms with Crippen molar-refractivity contribution < 1.29 is 9.53 Å². The molecule has 0 atom stereocenters. The van der Waals surface area contributed by atoms with Crippen LogP contribution in [-0.4, -0.2) is 37.1 Å². The molecule has 18 heavy (non-hydrogen) atoms. The van der Waals surface area contributed by atoms with Crippen LogP contribution in [0, 0.1) is 0 Å². The van der Waals surface area contributed by atoms with E-state index < -0.39 is 0 Å². The minimum Gasteiger partial charge on any atom is -0.492 e. The van der Waals surface area contributed by atoms with Gasteiger partial charge in [0.15, 0.2) is 0 Å².